The van der Waals surface area contributed by atoms with Gasteiger partial charge in [0.2, 0.25) is 5.91 Å². The number of nitrogens with zero attached hydrogens (tertiary/aromatic N) is 3. The van der Waals surface area contributed by atoms with Crippen LogP contribution in [-0.4, -0.2) is 79.5 Å². The Labute approximate surface area is 130 Å². The summed E-state index contributed by atoms with van der Waals surface area (Å²) in [4.78, 5) is 18.8. The smallest absolute Gasteiger partial charge is 0.236 e. The molecule has 0 unspecified atom stereocenters. The highest BCUT2D eigenvalue weighted by Gasteiger charge is 2.19. The molecule has 0 aromatic carbocycles. The molecule has 124 valence electrons. The average molecular weight is 298 g/mol. The van der Waals surface area contributed by atoms with Gasteiger partial charge in [-0.15, -0.1) is 0 Å². The molecule has 1 aliphatic rings. The quantitative estimate of drug-likeness (QED) is 0.679. The number of rotatable bonds is 8. The Hall–Kier alpha value is -0.650. The second kappa shape index (κ2) is 10.1. The number of amides is 1. The number of hydrogen-bond acceptors (Lipinski definition) is 4. The predicted octanol–water partition coefficient (Wildman–Crippen LogP) is 0.990. The highest BCUT2D eigenvalue weighted by Crippen LogP contribution is 2.06. The summed E-state index contributed by atoms with van der Waals surface area (Å²) < 4.78 is 0. The SMILES string of the molecule is CC(C)N(C)C(=O)CN1CCCN(CCCCCN)CC1. The lowest BCUT2D eigenvalue weighted by atomic mass is 10.2. The van der Waals surface area contributed by atoms with Gasteiger partial charge in [-0.3, -0.25) is 9.69 Å². The van der Waals surface area contributed by atoms with Gasteiger partial charge in [0.15, 0.2) is 0 Å². The first kappa shape index (κ1) is 18.4. The molecule has 0 atom stereocenters. The molecule has 0 bridgehead atoms. The molecule has 2 N–H and O–H groups in total. The molecule has 1 fully saturated rings. The van der Waals surface area contributed by atoms with E-state index in [1.165, 1.54) is 19.4 Å². The van der Waals surface area contributed by atoms with Crippen molar-refractivity contribution < 1.29 is 4.79 Å². The Balaban J connectivity index is 2.27. The van der Waals surface area contributed by atoms with Crippen molar-refractivity contribution in [3.63, 3.8) is 0 Å². The average Bonchev–Trinajstić information content (AvgIpc) is 2.68. The van der Waals surface area contributed by atoms with E-state index in [1.54, 1.807) is 0 Å². The third-order valence-corrected chi connectivity index (χ3v) is 4.39. The van der Waals surface area contributed by atoms with Crippen molar-refractivity contribution in [1.29, 1.82) is 0 Å². The van der Waals surface area contributed by atoms with Gasteiger partial charge in [0.25, 0.3) is 0 Å². The second-order valence-corrected chi connectivity index (χ2v) is 6.42. The van der Waals surface area contributed by atoms with Crippen LogP contribution in [0.2, 0.25) is 0 Å². The van der Waals surface area contributed by atoms with Crippen LogP contribution in [-0.2, 0) is 4.79 Å². The van der Waals surface area contributed by atoms with E-state index in [0.717, 1.165) is 45.6 Å². The number of carbonyl (C=O) groups excluding carboxylic acids is 1. The Morgan fingerprint density at radius 3 is 2.43 bits per heavy atom. The van der Waals surface area contributed by atoms with Gasteiger partial charge in [-0.1, -0.05) is 6.42 Å². The molecular formula is C16H34N4O. The number of hydrogen-bond donors (Lipinski definition) is 1. The third kappa shape index (κ3) is 7.25. The van der Waals surface area contributed by atoms with Crippen molar-refractivity contribution in [3.8, 4) is 0 Å². The van der Waals surface area contributed by atoms with Crippen LogP contribution in [0, 0.1) is 0 Å². The van der Waals surface area contributed by atoms with E-state index >= 15 is 0 Å². The molecule has 0 aromatic rings. The van der Waals surface area contributed by atoms with E-state index in [0.29, 0.717) is 6.54 Å². The first-order chi connectivity index (χ1) is 10.0. The number of carbonyl (C=O) groups is 1. The normalized spacial score (nSPS) is 18.0. The summed E-state index contributed by atoms with van der Waals surface area (Å²) in [7, 11) is 1.90. The van der Waals surface area contributed by atoms with Gasteiger partial charge in [0, 0.05) is 26.2 Å². The minimum atomic E-state index is 0.237. The second-order valence-electron chi connectivity index (χ2n) is 6.42. The van der Waals surface area contributed by atoms with E-state index in [-0.39, 0.29) is 11.9 Å². The highest BCUT2D eigenvalue weighted by molar-refractivity contribution is 5.78. The largest absolute Gasteiger partial charge is 0.342 e. The molecule has 0 saturated carbocycles. The molecular weight excluding hydrogens is 264 g/mol. The lowest BCUT2D eigenvalue weighted by Crippen LogP contribution is -2.42. The van der Waals surface area contributed by atoms with Crippen LogP contribution < -0.4 is 5.73 Å². The van der Waals surface area contributed by atoms with Gasteiger partial charge >= 0.3 is 0 Å². The van der Waals surface area contributed by atoms with Gasteiger partial charge in [0.1, 0.15) is 0 Å². The zero-order valence-electron chi connectivity index (χ0n) is 14.2. The van der Waals surface area contributed by atoms with Crippen molar-refractivity contribution in [2.24, 2.45) is 5.73 Å². The minimum Gasteiger partial charge on any atom is -0.342 e. The van der Waals surface area contributed by atoms with Crippen LogP contribution in [0.1, 0.15) is 39.5 Å². The van der Waals surface area contributed by atoms with Gasteiger partial charge < -0.3 is 15.5 Å². The van der Waals surface area contributed by atoms with Crippen LogP contribution >= 0.6 is 0 Å². The van der Waals surface area contributed by atoms with Crippen LogP contribution in [0.5, 0.6) is 0 Å². The van der Waals surface area contributed by atoms with Crippen LogP contribution in [0.3, 0.4) is 0 Å². The minimum absolute atomic E-state index is 0.237. The van der Waals surface area contributed by atoms with Crippen molar-refractivity contribution in [2.45, 2.75) is 45.6 Å². The predicted molar refractivity (Wildman–Crippen MR) is 88.3 cm³/mol. The third-order valence-electron chi connectivity index (χ3n) is 4.39. The zero-order valence-corrected chi connectivity index (χ0v) is 14.2. The highest BCUT2D eigenvalue weighted by atomic mass is 16.2. The maximum atomic E-state index is 12.1. The Morgan fingerprint density at radius 1 is 1.10 bits per heavy atom. The lowest BCUT2D eigenvalue weighted by Gasteiger charge is -2.26. The molecule has 1 heterocycles. The summed E-state index contributed by atoms with van der Waals surface area (Å²) in [5.41, 5.74) is 5.53. The van der Waals surface area contributed by atoms with Gasteiger partial charge in [-0.25, -0.2) is 0 Å². The number of unbranched alkanes of at least 4 members (excludes halogenated alkanes) is 2. The first-order valence-corrected chi connectivity index (χ1v) is 8.45. The van der Waals surface area contributed by atoms with Crippen LogP contribution in [0.25, 0.3) is 0 Å². The van der Waals surface area contributed by atoms with E-state index in [9.17, 15) is 4.79 Å². The fourth-order valence-corrected chi connectivity index (χ4v) is 2.65. The lowest BCUT2D eigenvalue weighted by molar-refractivity contribution is -0.132. The molecule has 5 nitrogen and oxygen atoms in total. The fraction of sp³-hybridized carbons (Fsp3) is 0.938. The summed E-state index contributed by atoms with van der Waals surface area (Å²) in [6.07, 6.45) is 4.77. The molecule has 0 aromatic heterocycles. The fourth-order valence-electron chi connectivity index (χ4n) is 2.65. The maximum Gasteiger partial charge on any atom is 0.236 e. The molecule has 1 rings (SSSR count). The molecule has 0 aliphatic carbocycles. The summed E-state index contributed by atoms with van der Waals surface area (Å²) in [6, 6.07) is 0.281. The first-order valence-electron chi connectivity index (χ1n) is 8.45. The van der Waals surface area contributed by atoms with E-state index in [4.69, 9.17) is 5.73 Å². The van der Waals surface area contributed by atoms with Gasteiger partial charge in [-0.2, -0.15) is 0 Å². The Morgan fingerprint density at radius 2 is 1.76 bits per heavy atom. The summed E-state index contributed by atoms with van der Waals surface area (Å²) in [5.74, 6) is 0.237. The van der Waals surface area contributed by atoms with Crippen molar-refractivity contribution in [3.05, 3.63) is 0 Å². The van der Waals surface area contributed by atoms with Crippen LogP contribution in [0.15, 0.2) is 0 Å². The van der Waals surface area contributed by atoms with Crippen molar-refractivity contribution >= 4 is 5.91 Å². The van der Waals surface area contributed by atoms with E-state index in [2.05, 4.69) is 23.6 Å². The van der Waals surface area contributed by atoms with Crippen molar-refractivity contribution in [2.75, 3.05) is 52.9 Å². The van der Waals surface area contributed by atoms with E-state index < -0.39 is 0 Å². The van der Waals surface area contributed by atoms with Gasteiger partial charge in [-0.05, 0) is 59.3 Å². The number of nitrogens with two attached hydrogens (primary N) is 1. The molecule has 5 heteroatoms. The molecule has 21 heavy (non-hydrogen) atoms. The molecule has 0 radical (unpaired) electrons. The van der Waals surface area contributed by atoms with Crippen LogP contribution in [0.4, 0.5) is 0 Å². The molecule has 0 spiro atoms. The Kier molecular flexibility index (Phi) is 8.88. The standard InChI is InChI=1S/C16H34N4O/c1-15(2)18(3)16(21)14-20-11-7-10-19(12-13-20)9-6-4-5-8-17/h15H,4-14,17H2,1-3H3. The Bertz CT molecular complexity index is 296. The molecule has 1 aliphatic heterocycles. The maximum absolute atomic E-state index is 12.1. The van der Waals surface area contributed by atoms with Gasteiger partial charge in [0.05, 0.1) is 6.54 Å². The topological polar surface area (TPSA) is 52.8 Å². The summed E-state index contributed by atoms with van der Waals surface area (Å²) in [6.45, 7) is 11.0. The number of likely N-dealkylation sites (N-methyl/N-ethyl adjacent to an activating group) is 1. The zero-order chi connectivity index (χ0) is 15.7. The van der Waals surface area contributed by atoms with E-state index in [1.807, 2.05) is 11.9 Å². The van der Waals surface area contributed by atoms with Crippen molar-refractivity contribution in [1.82, 2.24) is 14.7 Å². The summed E-state index contributed by atoms with van der Waals surface area (Å²) in [5, 5.41) is 0. The summed E-state index contributed by atoms with van der Waals surface area (Å²) >= 11 is 0. The molecule has 1 amide bonds. The monoisotopic (exact) mass is 298 g/mol. The molecule has 1 saturated heterocycles.